The molecule has 0 aliphatic heterocycles. The molecule has 0 aliphatic carbocycles. The van der Waals surface area contributed by atoms with E-state index in [1.807, 2.05) is 0 Å². The molecule has 0 aromatic heterocycles. The summed E-state index contributed by atoms with van der Waals surface area (Å²) in [5, 5.41) is 0. The molecule has 0 aromatic carbocycles. The van der Waals surface area contributed by atoms with Crippen molar-refractivity contribution in [3.8, 4) is 0 Å². The molecule has 6 nitrogen and oxygen atoms in total. The van der Waals surface area contributed by atoms with Gasteiger partial charge in [0.2, 0.25) is 6.08 Å². The highest BCUT2D eigenvalue weighted by Crippen LogP contribution is 1.98. The number of rotatable bonds is 13. The van der Waals surface area contributed by atoms with Crippen LogP contribution in [0.5, 0.6) is 0 Å². The van der Waals surface area contributed by atoms with Gasteiger partial charge in [-0.25, -0.2) is 19.4 Å². The largest absolute Gasteiger partial charge is 0.463 e. The number of isocyanates is 1. The zero-order valence-electron chi connectivity index (χ0n) is 14.6. The Morgan fingerprint density at radius 1 is 0.917 bits per heavy atom. The summed E-state index contributed by atoms with van der Waals surface area (Å²) in [6.07, 6.45) is 10.8. The third kappa shape index (κ3) is 22.1. The van der Waals surface area contributed by atoms with Crippen LogP contribution in [0, 0.1) is 0 Å². The Bertz CT molecular complexity index is 400. The van der Waals surface area contributed by atoms with Crippen molar-refractivity contribution in [1.82, 2.24) is 0 Å². The van der Waals surface area contributed by atoms with Crippen molar-refractivity contribution in [3.05, 3.63) is 25.3 Å². The van der Waals surface area contributed by atoms with Crippen LogP contribution in [-0.2, 0) is 23.9 Å². The van der Waals surface area contributed by atoms with Gasteiger partial charge in [0, 0.05) is 12.2 Å². The first-order chi connectivity index (χ1) is 11.6. The summed E-state index contributed by atoms with van der Waals surface area (Å²) in [5.41, 5.74) is 0. The van der Waals surface area contributed by atoms with Crippen molar-refractivity contribution in [2.75, 3.05) is 19.8 Å². The van der Waals surface area contributed by atoms with Crippen molar-refractivity contribution < 1.29 is 23.9 Å². The second-order valence-electron chi connectivity index (χ2n) is 4.84. The maximum Gasteiger partial charge on any atom is 0.330 e. The van der Waals surface area contributed by atoms with E-state index in [2.05, 4.69) is 25.1 Å². The highest BCUT2D eigenvalue weighted by atomic mass is 16.5. The van der Waals surface area contributed by atoms with Gasteiger partial charge in [-0.2, -0.15) is 0 Å². The van der Waals surface area contributed by atoms with Crippen LogP contribution in [0.3, 0.4) is 0 Å². The number of carbonyl (C=O) groups is 2. The van der Waals surface area contributed by atoms with Crippen LogP contribution in [0.25, 0.3) is 0 Å². The smallest absolute Gasteiger partial charge is 0.330 e. The van der Waals surface area contributed by atoms with Gasteiger partial charge < -0.3 is 9.47 Å². The van der Waals surface area contributed by atoms with E-state index in [0.717, 1.165) is 38.2 Å². The minimum atomic E-state index is -0.397. The lowest BCUT2D eigenvalue weighted by atomic mass is 10.2. The van der Waals surface area contributed by atoms with E-state index in [1.54, 1.807) is 0 Å². The van der Waals surface area contributed by atoms with Crippen molar-refractivity contribution in [2.24, 2.45) is 4.99 Å². The van der Waals surface area contributed by atoms with Crippen LogP contribution < -0.4 is 0 Å². The normalized spacial score (nSPS) is 8.88. The first kappa shape index (κ1) is 24.1. The third-order valence-electron chi connectivity index (χ3n) is 2.80. The van der Waals surface area contributed by atoms with Crippen LogP contribution in [-0.4, -0.2) is 37.8 Å². The Balaban J connectivity index is 0. The molecule has 0 saturated heterocycles. The first-order valence-corrected chi connectivity index (χ1v) is 8.24. The number of ether oxygens (including phenoxy) is 2. The highest BCUT2D eigenvalue weighted by molar-refractivity contribution is 5.81. The third-order valence-corrected chi connectivity index (χ3v) is 2.80. The fourth-order valence-electron chi connectivity index (χ4n) is 1.51. The molecular weight excluding hydrogens is 310 g/mol. The van der Waals surface area contributed by atoms with Gasteiger partial charge in [-0.3, -0.25) is 0 Å². The summed E-state index contributed by atoms with van der Waals surface area (Å²) in [6, 6.07) is 0. The lowest BCUT2D eigenvalue weighted by molar-refractivity contribution is -0.138. The number of aliphatic imine (C=N–C) groups is 1. The van der Waals surface area contributed by atoms with E-state index in [0.29, 0.717) is 19.8 Å². The van der Waals surface area contributed by atoms with Gasteiger partial charge in [0.05, 0.1) is 19.8 Å². The van der Waals surface area contributed by atoms with Crippen molar-refractivity contribution in [2.45, 2.75) is 51.9 Å². The SMILES string of the molecule is C=CC(=O)OCCCCCC.C=CC(=O)OCCCCCN=C=O. The summed E-state index contributed by atoms with van der Waals surface area (Å²) in [4.78, 5) is 34.1. The fourth-order valence-corrected chi connectivity index (χ4v) is 1.51. The van der Waals surface area contributed by atoms with Gasteiger partial charge in [-0.15, -0.1) is 0 Å². The van der Waals surface area contributed by atoms with Crippen LogP contribution in [0.15, 0.2) is 30.3 Å². The number of hydrogen-bond acceptors (Lipinski definition) is 6. The zero-order valence-corrected chi connectivity index (χ0v) is 14.6. The van der Waals surface area contributed by atoms with Gasteiger partial charge in [0.25, 0.3) is 0 Å². The predicted octanol–water partition coefficient (Wildman–Crippen LogP) is 3.52. The highest BCUT2D eigenvalue weighted by Gasteiger charge is 1.94. The lowest BCUT2D eigenvalue weighted by Gasteiger charge is -1.99. The van der Waals surface area contributed by atoms with E-state index in [9.17, 15) is 14.4 Å². The molecule has 0 fully saturated rings. The second-order valence-corrected chi connectivity index (χ2v) is 4.84. The molecule has 0 amide bonds. The quantitative estimate of drug-likeness (QED) is 0.169. The molecule has 0 aliphatic rings. The number of esters is 2. The van der Waals surface area contributed by atoms with Crippen LogP contribution in [0.1, 0.15) is 51.9 Å². The van der Waals surface area contributed by atoms with Gasteiger partial charge in [0.1, 0.15) is 0 Å². The zero-order chi connectivity index (χ0) is 18.5. The molecule has 0 saturated carbocycles. The molecule has 0 aromatic rings. The van der Waals surface area contributed by atoms with Gasteiger partial charge in [-0.05, 0) is 25.7 Å². The van der Waals surface area contributed by atoms with Crippen LogP contribution in [0.2, 0.25) is 0 Å². The summed E-state index contributed by atoms with van der Waals surface area (Å²) >= 11 is 0. The lowest BCUT2D eigenvalue weighted by Crippen LogP contribution is -2.01. The topological polar surface area (TPSA) is 82.0 Å². The fraction of sp³-hybridized carbons (Fsp3) is 0.611. The molecule has 0 atom stereocenters. The molecule has 0 radical (unpaired) electrons. The van der Waals surface area contributed by atoms with Gasteiger partial charge in [-0.1, -0.05) is 39.3 Å². The Morgan fingerprint density at radius 3 is 1.83 bits per heavy atom. The molecule has 136 valence electrons. The number of nitrogens with zero attached hydrogens (tertiary/aromatic N) is 1. The maximum atomic E-state index is 10.5. The number of unbranched alkanes of at least 4 members (excludes halogenated alkanes) is 5. The van der Waals surface area contributed by atoms with E-state index in [1.165, 1.54) is 25.0 Å². The van der Waals surface area contributed by atoms with Crippen LogP contribution in [0.4, 0.5) is 0 Å². The maximum absolute atomic E-state index is 10.5. The van der Waals surface area contributed by atoms with E-state index in [-0.39, 0.29) is 5.97 Å². The Kier molecular flexibility index (Phi) is 20.8. The molecule has 0 bridgehead atoms. The van der Waals surface area contributed by atoms with Crippen molar-refractivity contribution in [1.29, 1.82) is 0 Å². The van der Waals surface area contributed by atoms with E-state index in [4.69, 9.17) is 9.47 Å². The predicted molar refractivity (Wildman–Crippen MR) is 93.3 cm³/mol. The average molecular weight is 339 g/mol. The minimum Gasteiger partial charge on any atom is -0.463 e. The first-order valence-electron chi connectivity index (χ1n) is 8.24. The summed E-state index contributed by atoms with van der Waals surface area (Å²) in [7, 11) is 0. The molecule has 24 heavy (non-hydrogen) atoms. The second kappa shape index (κ2) is 20.8. The standard InChI is InChI=1S/C9H13NO3.C9H16O2/c1-2-9(12)13-7-5-3-4-6-10-8-11;1-3-5-6-7-8-11-9(10)4-2/h2H,1,3-7H2;4H,2-3,5-8H2,1H3. The Hall–Kier alpha value is -2.20. The number of hydrogen-bond donors (Lipinski definition) is 0. The Morgan fingerprint density at radius 2 is 1.42 bits per heavy atom. The molecule has 0 unspecified atom stereocenters. The minimum absolute atomic E-state index is 0.318. The average Bonchev–Trinajstić information content (AvgIpc) is 2.60. The molecular formula is C18H29NO5. The number of carbonyl (C=O) groups excluding carboxylic acids is 3. The summed E-state index contributed by atoms with van der Waals surface area (Å²) in [6.45, 7) is 10.1. The Labute approximate surface area is 144 Å². The van der Waals surface area contributed by atoms with Crippen molar-refractivity contribution >= 4 is 18.0 Å². The van der Waals surface area contributed by atoms with E-state index >= 15 is 0 Å². The monoisotopic (exact) mass is 339 g/mol. The summed E-state index contributed by atoms with van der Waals surface area (Å²) < 4.78 is 9.51. The summed E-state index contributed by atoms with van der Waals surface area (Å²) in [5.74, 6) is -0.715. The van der Waals surface area contributed by atoms with Crippen molar-refractivity contribution in [3.63, 3.8) is 0 Å². The molecule has 0 spiro atoms. The molecule has 0 heterocycles. The molecule has 6 heteroatoms. The molecule has 0 N–H and O–H groups in total. The van der Waals surface area contributed by atoms with E-state index < -0.39 is 5.97 Å². The van der Waals surface area contributed by atoms with Gasteiger partial charge in [0.15, 0.2) is 0 Å². The molecule has 0 rings (SSSR count). The van der Waals surface area contributed by atoms with Gasteiger partial charge >= 0.3 is 11.9 Å². The van der Waals surface area contributed by atoms with Crippen LogP contribution >= 0.6 is 0 Å².